The first-order valence-corrected chi connectivity index (χ1v) is 10.4. The van der Waals surface area contributed by atoms with Gasteiger partial charge in [-0.1, -0.05) is 26.0 Å². The first-order valence-electron chi connectivity index (χ1n) is 10.4. The fourth-order valence-corrected chi connectivity index (χ4v) is 3.59. The molecule has 0 saturated carbocycles. The molecule has 2 N–H and O–H groups in total. The highest BCUT2D eigenvalue weighted by molar-refractivity contribution is 5.79. The monoisotopic (exact) mass is 397 g/mol. The van der Waals surface area contributed by atoms with Crippen molar-refractivity contribution in [2.45, 2.75) is 45.1 Å². The Balaban J connectivity index is 1.55. The van der Waals surface area contributed by atoms with E-state index in [1.807, 2.05) is 18.3 Å². The number of pyridine rings is 1. The molecule has 0 bridgehead atoms. The molecule has 1 aromatic carbocycles. The molecule has 5 nitrogen and oxygen atoms in total. The van der Waals surface area contributed by atoms with Crippen molar-refractivity contribution in [3.8, 4) is 0 Å². The normalized spacial score (nSPS) is 15.3. The van der Waals surface area contributed by atoms with Gasteiger partial charge in [-0.15, -0.1) is 0 Å². The SMILES string of the molecule is CN=C(NCc1ccnc(N2CCCCC2)c1)NCC(C)(C)c1cccc(F)c1. The number of rotatable bonds is 6. The Bertz CT molecular complexity index is 828. The highest BCUT2D eigenvalue weighted by atomic mass is 19.1. The predicted octanol–water partition coefficient (Wildman–Crippen LogP) is 3.85. The molecule has 0 radical (unpaired) electrons. The van der Waals surface area contributed by atoms with Gasteiger partial charge in [0.25, 0.3) is 0 Å². The molecule has 0 spiro atoms. The van der Waals surface area contributed by atoms with E-state index >= 15 is 0 Å². The zero-order chi connectivity index (χ0) is 20.7. The molecule has 1 saturated heterocycles. The fraction of sp³-hybridized carbons (Fsp3) is 0.478. The minimum absolute atomic E-state index is 0.208. The van der Waals surface area contributed by atoms with Crippen LogP contribution in [0.5, 0.6) is 0 Å². The zero-order valence-electron chi connectivity index (χ0n) is 17.7. The smallest absolute Gasteiger partial charge is 0.191 e. The predicted molar refractivity (Wildman–Crippen MR) is 118 cm³/mol. The van der Waals surface area contributed by atoms with Crippen LogP contribution in [0.1, 0.15) is 44.2 Å². The van der Waals surface area contributed by atoms with E-state index in [2.05, 4.69) is 45.4 Å². The maximum Gasteiger partial charge on any atom is 0.191 e. The fourth-order valence-electron chi connectivity index (χ4n) is 3.59. The Morgan fingerprint density at radius 3 is 2.66 bits per heavy atom. The molecule has 2 aromatic rings. The molecule has 0 aliphatic carbocycles. The molecule has 2 heterocycles. The molecule has 0 amide bonds. The van der Waals surface area contributed by atoms with Gasteiger partial charge in [0.05, 0.1) is 0 Å². The summed E-state index contributed by atoms with van der Waals surface area (Å²) in [6.45, 7) is 7.67. The number of nitrogens with zero attached hydrogens (tertiary/aromatic N) is 3. The third kappa shape index (κ3) is 5.92. The maximum atomic E-state index is 13.6. The van der Waals surface area contributed by atoms with E-state index < -0.39 is 0 Å². The third-order valence-electron chi connectivity index (χ3n) is 5.48. The van der Waals surface area contributed by atoms with Crippen LogP contribution >= 0.6 is 0 Å². The van der Waals surface area contributed by atoms with Gasteiger partial charge in [0.1, 0.15) is 11.6 Å². The summed E-state index contributed by atoms with van der Waals surface area (Å²) in [5, 5.41) is 6.74. The van der Waals surface area contributed by atoms with Crippen molar-refractivity contribution < 1.29 is 4.39 Å². The Morgan fingerprint density at radius 2 is 1.93 bits per heavy atom. The van der Waals surface area contributed by atoms with Gasteiger partial charge in [0.15, 0.2) is 5.96 Å². The van der Waals surface area contributed by atoms with Gasteiger partial charge < -0.3 is 15.5 Å². The Kier molecular flexibility index (Phi) is 7.07. The van der Waals surface area contributed by atoms with Crippen molar-refractivity contribution in [2.75, 3.05) is 31.6 Å². The second-order valence-electron chi connectivity index (χ2n) is 8.24. The van der Waals surface area contributed by atoms with Crippen LogP contribution in [0.4, 0.5) is 10.2 Å². The van der Waals surface area contributed by atoms with Crippen molar-refractivity contribution >= 4 is 11.8 Å². The van der Waals surface area contributed by atoms with E-state index in [0.717, 1.165) is 30.4 Å². The highest BCUT2D eigenvalue weighted by Crippen LogP contribution is 2.23. The van der Waals surface area contributed by atoms with Crippen molar-refractivity contribution in [3.63, 3.8) is 0 Å². The number of anilines is 1. The van der Waals surface area contributed by atoms with Crippen LogP contribution < -0.4 is 15.5 Å². The summed E-state index contributed by atoms with van der Waals surface area (Å²) in [7, 11) is 1.76. The summed E-state index contributed by atoms with van der Waals surface area (Å²) in [5.41, 5.74) is 1.91. The van der Waals surface area contributed by atoms with E-state index in [0.29, 0.717) is 13.1 Å². The third-order valence-corrected chi connectivity index (χ3v) is 5.48. The average molecular weight is 398 g/mol. The number of hydrogen-bond donors (Lipinski definition) is 2. The molecule has 156 valence electrons. The van der Waals surface area contributed by atoms with Crippen LogP contribution in [0.3, 0.4) is 0 Å². The van der Waals surface area contributed by atoms with Crippen molar-refractivity contribution in [1.29, 1.82) is 0 Å². The molecular formula is C23H32FN5. The second kappa shape index (κ2) is 9.72. The van der Waals surface area contributed by atoms with Gasteiger partial charge in [-0.3, -0.25) is 4.99 Å². The zero-order valence-corrected chi connectivity index (χ0v) is 17.7. The molecule has 6 heteroatoms. The quantitative estimate of drug-likeness (QED) is 0.574. The largest absolute Gasteiger partial charge is 0.357 e. The molecule has 29 heavy (non-hydrogen) atoms. The lowest BCUT2D eigenvalue weighted by atomic mass is 9.84. The second-order valence-corrected chi connectivity index (χ2v) is 8.24. The topological polar surface area (TPSA) is 52.6 Å². The van der Waals surface area contributed by atoms with Crippen molar-refractivity contribution in [2.24, 2.45) is 4.99 Å². The first-order chi connectivity index (χ1) is 14.0. The Hall–Kier alpha value is -2.63. The summed E-state index contributed by atoms with van der Waals surface area (Å²) >= 11 is 0. The lowest BCUT2D eigenvalue weighted by Crippen LogP contribution is -2.43. The molecule has 1 aliphatic rings. The summed E-state index contributed by atoms with van der Waals surface area (Å²) in [6, 6.07) is 11.0. The van der Waals surface area contributed by atoms with E-state index in [4.69, 9.17) is 0 Å². The van der Waals surface area contributed by atoms with E-state index in [-0.39, 0.29) is 11.2 Å². The van der Waals surface area contributed by atoms with Crippen LogP contribution in [-0.2, 0) is 12.0 Å². The van der Waals surface area contributed by atoms with Crippen LogP contribution in [0.15, 0.2) is 47.6 Å². The van der Waals surface area contributed by atoms with Gasteiger partial charge in [-0.05, 0) is 54.7 Å². The summed E-state index contributed by atoms with van der Waals surface area (Å²) < 4.78 is 13.6. The van der Waals surface area contributed by atoms with Gasteiger partial charge in [-0.2, -0.15) is 0 Å². The first kappa shape index (κ1) is 21.1. The molecular weight excluding hydrogens is 365 g/mol. The Morgan fingerprint density at radius 1 is 1.14 bits per heavy atom. The molecule has 0 unspecified atom stereocenters. The number of nitrogens with one attached hydrogen (secondary N) is 2. The molecule has 1 fully saturated rings. The molecule has 1 aromatic heterocycles. The van der Waals surface area contributed by atoms with Crippen molar-refractivity contribution in [1.82, 2.24) is 15.6 Å². The van der Waals surface area contributed by atoms with Crippen LogP contribution in [0.2, 0.25) is 0 Å². The summed E-state index contributed by atoms with van der Waals surface area (Å²) in [5.74, 6) is 1.57. The minimum Gasteiger partial charge on any atom is -0.357 e. The maximum absolute atomic E-state index is 13.6. The Labute approximate surface area is 173 Å². The van der Waals surface area contributed by atoms with Gasteiger partial charge >= 0.3 is 0 Å². The molecule has 1 aliphatic heterocycles. The number of halogens is 1. The minimum atomic E-state index is -0.224. The van der Waals surface area contributed by atoms with Crippen LogP contribution in [0.25, 0.3) is 0 Å². The van der Waals surface area contributed by atoms with Crippen LogP contribution in [0, 0.1) is 5.82 Å². The molecule has 0 atom stereocenters. The summed E-state index contributed by atoms with van der Waals surface area (Å²) in [6.07, 6.45) is 5.67. The number of hydrogen-bond acceptors (Lipinski definition) is 3. The van der Waals surface area contributed by atoms with E-state index in [1.54, 1.807) is 19.2 Å². The average Bonchev–Trinajstić information content (AvgIpc) is 2.75. The van der Waals surface area contributed by atoms with Gasteiger partial charge in [0.2, 0.25) is 0 Å². The van der Waals surface area contributed by atoms with E-state index in [9.17, 15) is 4.39 Å². The van der Waals surface area contributed by atoms with Gasteiger partial charge in [-0.25, -0.2) is 9.37 Å². The number of aromatic nitrogens is 1. The molecule has 3 rings (SSSR count). The number of guanidine groups is 1. The standard InChI is InChI=1S/C23H32FN5/c1-23(2,19-8-7-9-20(24)15-19)17-28-22(25-3)27-16-18-10-11-26-21(14-18)29-12-5-4-6-13-29/h7-11,14-15H,4-6,12-13,16-17H2,1-3H3,(H2,25,27,28). The van der Waals surface area contributed by atoms with Crippen LogP contribution in [-0.4, -0.2) is 37.6 Å². The number of benzene rings is 1. The number of aliphatic imine (C=N–C) groups is 1. The number of piperidine rings is 1. The highest BCUT2D eigenvalue weighted by Gasteiger charge is 2.21. The lowest BCUT2D eigenvalue weighted by molar-refractivity contribution is 0.503. The van der Waals surface area contributed by atoms with E-state index in [1.165, 1.54) is 30.9 Å². The lowest BCUT2D eigenvalue weighted by Gasteiger charge is -2.28. The van der Waals surface area contributed by atoms with Crippen molar-refractivity contribution in [3.05, 3.63) is 59.5 Å². The summed E-state index contributed by atoms with van der Waals surface area (Å²) in [4.78, 5) is 11.2. The van der Waals surface area contributed by atoms with Gasteiger partial charge in [0, 0.05) is 44.8 Å².